The zero-order chi connectivity index (χ0) is 28.7. The molecule has 14 heteroatoms. The van der Waals surface area contributed by atoms with Crippen molar-refractivity contribution in [2.24, 2.45) is 0 Å². The molecule has 3 fully saturated rings. The molecule has 0 radical (unpaired) electrons. The van der Waals surface area contributed by atoms with Gasteiger partial charge in [-0.1, -0.05) is 0 Å². The highest BCUT2D eigenvalue weighted by Crippen LogP contribution is 2.48. The van der Waals surface area contributed by atoms with Crippen LogP contribution in [-0.2, 0) is 15.7 Å². The number of aromatic nitrogens is 1. The van der Waals surface area contributed by atoms with Crippen molar-refractivity contribution in [3.05, 3.63) is 53.1 Å². The number of nitrogens with one attached hydrogen (secondary N) is 1. The van der Waals surface area contributed by atoms with Crippen LogP contribution in [0.1, 0.15) is 40.9 Å². The fourth-order valence-electron chi connectivity index (χ4n) is 5.16. The number of morpholine rings is 1. The number of alkyl halides is 3. The molecule has 1 spiro atoms. The summed E-state index contributed by atoms with van der Waals surface area (Å²) in [4.78, 5) is 34.7. The molecular weight excluding hydrogens is 552 g/mol. The Bertz CT molecular complexity index is 1400. The van der Waals surface area contributed by atoms with Crippen LogP contribution in [0.25, 0.3) is 0 Å². The van der Waals surface area contributed by atoms with Gasteiger partial charge in [-0.25, -0.2) is 9.37 Å². The number of benzene rings is 1. The van der Waals surface area contributed by atoms with E-state index in [2.05, 4.69) is 15.2 Å². The molecule has 0 unspecified atom stereocenters. The minimum Gasteiger partial charge on any atom is -0.379 e. The number of hydrogen-bond donors (Lipinski definition) is 1. The van der Waals surface area contributed by atoms with E-state index in [1.54, 1.807) is 0 Å². The summed E-state index contributed by atoms with van der Waals surface area (Å²) in [6.45, 7) is 3.53. The SMILES string of the molecule is N#Cc1ncc(N2C(=O)C3(CCC3)N(c3ccc(F)c(C(=O)NCCN4CCOCC4)c3)C2=S)cc1C(F)(F)F. The average molecular weight is 577 g/mol. The third kappa shape index (κ3) is 4.89. The van der Waals surface area contributed by atoms with E-state index in [1.165, 1.54) is 23.1 Å². The van der Waals surface area contributed by atoms with Crippen LogP contribution in [-0.4, -0.2) is 71.7 Å². The molecule has 1 N–H and O–H groups in total. The van der Waals surface area contributed by atoms with Gasteiger partial charge < -0.3 is 15.0 Å². The van der Waals surface area contributed by atoms with Crippen LogP contribution in [0.2, 0.25) is 0 Å². The summed E-state index contributed by atoms with van der Waals surface area (Å²) in [5, 5.41) is 11.7. The van der Waals surface area contributed by atoms with Gasteiger partial charge in [-0.3, -0.25) is 19.4 Å². The first-order valence-electron chi connectivity index (χ1n) is 12.6. The van der Waals surface area contributed by atoms with Gasteiger partial charge in [-0.05, 0) is 55.7 Å². The zero-order valence-corrected chi connectivity index (χ0v) is 21.9. The van der Waals surface area contributed by atoms with Crippen LogP contribution < -0.4 is 15.1 Å². The highest BCUT2D eigenvalue weighted by Gasteiger charge is 2.60. The molecule has 40 heavy (non-hydrogen) atoms. The van der Waals surface area contributed by atoms with Gasteiger partial charge in [0.15, 0.2) is 10.8 Å². The molecular formula is C26H24F4N6O3S. The largest absolute Gasteiger partial charge is 0.419 e. The van der Waals surface area contributed by atoms with E-state index in [-0.39, 0.29) is 28.6 Å². The molecule has 1 saturated carbocycles. The summed E-state index contributed by atoms with van der Waals surface area (Å²) in [5.41, 5.74) is -3.53. The smallest absolute Gasteiger partial charge is 0.379 e. The maximum absolute atomic E-state index is 14.8. The van der Waals surface area contributed by atoms with Crippen LogP contribution >= 0.6 is 12.2 Å². The number of carbonyl (C=O) groups excluding carboxylic acids is 2. The Morgan fingerprint density at radius 2 is 1.93 bits per heavy atom. The molecule has 9 nitrogen and oxygen atoms in total. The highest BCUT2D eigenvalue weighted by atomic mass is 32.1. The third-order valence-electron chi connectivity index (χ3n) is 7.41. The maximum Gasteiger partial charge on any atom is 0.419 e. The number of nitrogens with zero attached hydrogens (tertiary/aromatic N) is 5. The van der Waals surface area contributed by atoms with Crippen molar-refractivity contribution in [2.45, 2.75) is 31.0 Å². The van der Waals surface area contributed by atoms with Crippen molar-refractivity contribution in [1.82, 2.24) is 15.2 Å². The molecule has 2 aliphatic heterocycles. The van der Waals surface area contributed by atoms with Crippen molar-refractivity contribution < 1.29 is 31.9 Å². The lowest BCUT2D eigenvalue weighted by atomic mass is 9.75. The second-order valence-electron chi connectivity index (χ2n) is 9.72. The first-order chi connectivity index (χ1) is 19.1. The number of amides is 2. The minimum absolute atomic E-state index is 0.130. The molecule has 1 aromatic heterocycles. The second kappa shape index (κ2) is 10.7. The number of ether oxygens (including phenoxy) is 1. The number of anilines is 2. The first kappa shape index (κ1) is 27.9. The predicted molar refractivity (Wildman–Crippen MR) is 139 cm³/mol. The summed E-state index contributed by atoms with van der Waals surface area (Å²) in [6.07, 6.45) is -2.51. The number of pyridine rings is 1. The van der Waals surface area contributed by atoms with Crippen molar-refractivity contribution in [3.8, 4) is 6.07 Å². The Kier molecular flexibility index (Phi) is 7.47. The summed E-state index contributed by atoms with van der Waals surface area (Å²) in [6, 6.07) is 5.85. The zero-order valence-electron chi connectivity index (χ0n) is 21.1. The van der Waals surface area contributed by atoms with E-state index in [1.807, 2.05) is 0 Å². The van der Waals surface area contributed by atoms with E-state index >= 15 is 0 Å². The van der Waals surface area contributed by atoms with Gasteiger partial charge in [0, 0.05) is 31.9 Å². The fourth-order valence-corrected chi connectivity index (χ4v) is 5.63. The second-order valence-corrected chi connectivity index (χ2v) is 10.1. The minimum atomic E-state index is -4.88. The molecule has 0 bridgehead atoms. The highest BCUT2D eigenvalue weighted by molar-refractivity contribution is 7.81. The Morgan fingerprint density at radius 3 is 2.55 bits per heavy atom. The van der Waals surface area contributed by atoms with Crippen molar-refractivity contribution in [3.63, 3.8) is 0 Å². The van der Waals surface area contributed by atoms with Gasteiger partial charge in [-0.15, -0.1) is 0 Å². The predicted octanol–water partition coefficient (Wildman–Crippen LogP) is 3.23. The summed E-state index contributed by atoms with van der Waals surface area (Å²) in [7, 11) is 0. The molecule has 3 heterocycles. The van der Waals surface area contributed by atoms with Gasteiger partial charge in [-0.2, -0.15) is 18.4 Å². The van der Waals surface area contributed by atoms with Gasteiger partial charge in [0.2, 0.25) is 0 Å². The number of halogens is 4. The Hall–Kier alpha value is -3.67. The number of rotatable bonds is 6. The normalized spacial score (nSPS) is 19.1. The van der Waals surface area contributed by atoms with Crippen LogP contribution in [0.3, 0.4) is 0 Å². The topological polar surface area (TPSA) is 102 Å². The molecule has 5 rings (SSSR count). The van der Waals surface area contributed by atoms with Crippen molar-refractivity contribution >= 4 is 40.5 Å². The van der Waals surface area contributed by atoms with E-state index in [4.69, 9.17) is 22.2 Å². The lowest BCUT2D eigenvalue weighted by Crippen LogP contribution is -2.55. The van der Waals surface area contributed by atoms with Crippen molar-refractivity contribution in [2.75, 3.05) is 49.2 Å². The van der Waals surface area contributed by atoms with E-state index in [0.29, 0.717) is 45.1 Å². The van der Waals surface area contributed by atoms with Gasteiger partial charge in [0.25, 0.3) is 11.8 Å². The molecule has 3 aliphatic rings. The first-order valence-corrected chi connectivity index (χ1v) is 13.0. The number of hydrogen-bond acceptors (Lipinski definition) is 7. The third-order valence-corrected chi connectivity index (χ3v) is 7.77. The molecule has 0 atom stereocenters. The standard InChI is InChI=1S/C26H24F4N6O3S/c27-20-3-2-16(12-18(20)22(37)32-6-7-34-8-10-39-11-9-34)36-24(40)35(23(38)25(36)4-1-5-25)17-13-19(26(28,29)30)21(14-31)33-15-17/h2-3,12-13,15H,1,4-11H2,(H,32,37). The quantitative estimate of drug-likeness (QED) is 0.413. The van der Waals surface area contributed by atoms with Gasteiger partial charge >= 0.3 is 6.18 Å². The lowest BCUT2D eigenvalue weighted by molar-refractivity contribution is -0.138. The van der Waals surface area contributed by atoms with Crippen LogP contribution in [0.4, 0.5) is 28.9 Å². The van der Waals surface area contributed by atoms with Crippen molar-refractivity contribution in [1.29, 1.82) is 5.26 Å². The molecule has 2 aromatic rings. The number of nitriles is 1. The van der Waals surface area contributed by atoms with E-state index < -0.39 is 40.6 Å². The summed E-state index contributed by atoms with van der Waals surface area (Å²) in [5.74, 6) is -1.96. The van der Waals surface area contributed by atoms with E-state index in [9.17, 15) is 27.2 Å². The number of thiocarbonyl (C=S) groups is 1. The number of carbonyl (C=O) groups is 2. The molecule has 210 valence electrons. The Morgan fingerprint density at radius 1 is 1.20 bits per heavy atom. The average Bonchev–Trinajstić information content (AvgIpc) is 3.15. The monoisotopic (exact) mass is 576 g/mol. The Labute approximate surface area is 232 Å². The molecule has 2 amide bonds. The van der Waals surface area contributed by atoms with Crippen LogP contribution in [0.15, 0.2) is 30.5 Å². The van der Waals surface area contributed by atoms with E-state index in [0.717, 1.165) is 30.3 Å². The van der Waals surface area contributed by atoms with Gasteiger partial charge in [0.1, 0.15) is 17.4 Å². The molecule has 2 saturated heterocycles. The Balaban J connectivity index is 1.43. The summed E-state index contributed by atoms with van der Waals surface area (Å²) < 4.78 is 60.9. The van der Waals surface area contributed by atoms with Crippen LogP contribution in [0.5, 0.6) is 0 Å². The molecule has 1 aromatic carbocycles. The maximum atomic E-state index is 14.8. The van der Waals surface area contributed by atoms with Crippen LogP contribution in [0, 0.1) is 17.1 Å². The van der Waals surface area contributed by atoms with Gasteiger partial charge in [0.05, 0.1) is 36.2 Å². The molecule has 1 aliphatic carbocycles. The summed E-state index contributed by atoms with van der Waals surface area (Å²) >= 11 is 5.58. The lowest BCUT2D eigenvalue weighted by Gasteiger charge is -2.43. The fraction of sp³-hybridized carbons (Fsp3) is 0.423.